The molecule has 3 N–H and O–H groups in total. The number of carbonyl (C=O) groups excluding carboxylic acids is 3. The SMILES string of the molecule is CCOC(=O)N1CCC(NC(=O)CCCNC(=O)CCNc2ccccc2[N+](=O)[O-])CC1. The minimum Gasteiger partial charge on any atom is -0.450 e. The Morgan fingerprint density at radius 1 is 1.12 bits per heavy atom. The number of nitro benzene ring substituents is 1. The van der Waals surface area contributed by atoms with Crippen LogP contribution in [0.15, 0.2) is 24.3 Å². The number of para-hydroxylation sites is 2. The number of rotatable bonds is 11. The molecule has 2 rings (SSSR count). The van der Waals surface area contributed by atoms with E-state index in [-0.39, 0.29) is 42.6 Å². The highest BCUT2D eigenvalue weighted by atomic mass is 16.6. The first-order valence-electron chi connectivity index (χ1n) is 10.9. The molecule has 0 atom stereocenters. The van der Waals surface area contributed by atoms with Gasteiger partial charge in [-0.1, -0.05) is 12.1 Å². The zero-order chi connectivity index (χ0) is 23.3. The molecule has 0 saturated carbocycles. The maximum atomic E-state index is 12.1. The third kappa shape index (κ3) is 8.40. The van der Waals surface area contributed by atoms with Crippen molar-refractivity contribution in [2.45, 2.75) is 45.1 Å². The molecule has 0 aromatic heterocycles. The summed E-state index contributed by atoms with van der Waals surface area (Å²) in [5, 5.41) is 19.6. The number of nitro groups is 1. The lowest BCUT2D eigenvalue weighted by Gasteiger charge is -2.31. The van der Waals surface area contributed by atoms with Crippen molar-refractivity contribution in [1.29, 1.82) is 0 Å². The number of carbonyl (C=O) groups is 3. The fraction of sp³-hybridized carbons (Fsp3) is 0.571. The summed E-state index contributed by atoms with van der Waals surface area (Å²) in [7, 11) is 0. The molecule has 0 bridgehead atoms. The van der Waals surface area contributed by atoms with Crippen LogP contribution in [0, 0.1) is 10.1 Å². The molecular formula is C21H31N5O6. The first-order chi connectivity index (χ1) is 15.4. The third-order valence-electron chi connectivity index (χ3n) is 5.06. The first kappa shape index (κ1) is 24.9. The van der Waals surface area contributed by atoms with Gasteiger partial charge in [0.15, 0.2) is 0 Å². The van der Waals surface area contributed by atoms with Gasteiger partial charge in [-0.25, -0.2) is 4.79 Å². The molecule has 32 heavy (non-hydrogen) atoms. The van der Waals surface area contributed by atoms with Gasteiger partial charge in [-0.3, -0.25) is 19.7 Å². The Kier molecular flexibility index (Phi) is 10.2. The van der Waals surface area contributed by atoms with Crippen LogP contribution in [0.3, 0.4) is 0 Å². The Labute approximate surface area is 187 Å². The van der Waals surface area contributed by atoms with E-state index in [0.29, 0.717) is 57.6 Å². The molecule has 0 spiro atoms. The number of likely N-dealkylation sites (tertiary alicyclic amines) is 1. The summed E-state index contributed by atoms with van der Waals surface area (Å²) in [6.45, 7) is 3.86. The Morgan fingerprint density at radius 2 is 1.84 bits per heavy atom. The number of ether oxygens (including phenoxy) is 1. The Morgan fingerprint density at radius 3 is 2.53 bits per heavy atom. The number of amides is 3. The highest BCUT2D eigenvalue weighted by molar-refractivity contribution is 5.77. The van der Waals surface area contributed by atoms with E-state index in [2.05, 4.69) is 16.0 Å². The van der Waals surface area contributed by atoms with Crippen LogP contribution in [-0.2, 0) is 14.3 Å². The topological polar surface area (TPSA) is 143 Å². The molecule has 0 unspecified atom stereocenters. The average Bonchev–Trinajstić information content (AvgIpc) is 2.77. The quantitative estimate of drug-likeness (QED) is 0.266. The standard InChI is InChI=1S/C21H31N5O6/c1-2-32-21(29)25-14-10-16(11-15-25)24-20(28)8-5-12-23-19(27)9-13-22-17-6-3-4-7-18(17)26(30)31/h3-4,6-7,16,22H,2,5,8-15H2,1H3,(H,23,27)(H,24,28). The number of nitrogens with zero attached hydrogens (tertiary/aromatic N) is 2. The number of anilines is 1. The van der Waals surface area contributed by atoms with Crippen molar-refractivity contribution in [2.24, 2.45) is 0 Å². The van der Waals surface area contributed by atoms with E-state index in [9.17, 15) is 24.5 Å². The predicted octanol–water partition coefficient (Wildman–Crippen LogP) is 2.03. The largest absolute Gasteiger partial charge is 0.450 e. The second-order valence-corrected chi connectivity index (χ2v) is 7.43. The van der Waals surface area contributed by atoms with Gasteiger partial charge in [0.05, 0.1) is 11.5 Å². The second kappa shape index (κ2) is 13.1. The van der Waals surface area contributed by atoms with E-state index in [1.165, 1.54) is 6.07 Å². The van der Waals surface area contributed by atoms with Gasteiger partial charge < -0.3 is 25.6 Å². The van der Waals surface area contributed by atoms with Crippen LogP contribution < -0.4 is 16.0 Å². The molecule has 1 saturated heterocycles. The molecule has 1 aliphatic heterocycles. The maximum absolute atomic E-state index is 12.1. The number of nitrogens with one attached hydrogen (secondary N) is 3. The summed E-state index contributed by atoms with van der Waals surface area (Å²) >= 11 is 0. The van der Waals surface area contributed by atoms with Gasteiger partial charge >= 0.3 is 6.09 Å². The van der Waals surface area contributed by atoms with Gasteiger partial charge in [0.1, 0.15) is 5.69 Å². The van der Waals surface area contributed by atoms with Crippen molar-refractivity contribution in [1.82, 2.24) is 15.5 Å². The van der Waals surface area contributed by atoms with Gasteiger partial charge in [0.25, 0.3) is 5.69 Å². The zero-order valence-electron chi connectivity index (χ0n) is 18.3. The van der Waals surface area contributed by atoms with Crippen LogP contribution in [-0.4, -0.2) is 66.6 Å². The van der Waals surface area contributed by atoms with Crippen LogP contribution in [0.5, 0.6) is 0 Å². The molecule has 0 radical (unpaired) electrons. The molecule has 3 amide bonds. The smallest absolute Gasteiger partial charge is 0.409 e. The van der Waals surface area contributed by atoms with Gasteiger partial charge in [-0.15, -0.1) is 0 Å². The predicted molar refractivity (Wildman–Crippen MR) is 118 cm³/mol. The van der Waals surface area contributed by atoms with Gasteiger partial charge in [-0.05, 0) is 32.3 Å². The fourth-order valence-electron chi connectivity index (χ4n) is 3.38. The lowest BCUT2D eigenvalue weighted by atomic mass is 10.1. The summed E-state index contributed by atoms with van der Waals surface area (Å²) in [5.74, 6) is -0.269. The molecule has 1 aromatic carbocycles. The first-order valence-corrected chi connectivity index (χ1v) is 10.9. The normalized spacial score (nSPS) is 13.8. The highest BCUT2D eigenvalue weighted by Gasteiger charge is 2.24. The molecule has 176 valence electrons. The van der Waals surface area contributed by atoms with Crippen molar-refractivity contribution in [3.63, 3.8) is 0 Å². The number of hydrogen-bond donors (Lipinski definition) is 3. The lowest BCUT2D eigenvalue weighted by molar-refractivity contribution is -0.384. The van der Waals surface area contributed by atoms with Crippen molar-refractivity contribution in [3.8, 4) is 0 Å². The van der Waals surface area contributed by atoms with E-state index >= 15 is 0 Å². The van der Waals surface area contributed by atoms with Gasteiger partial charge in [0.2, 0.25) is 11.8 Å². The third-order valence-corrected chi connectivity index (χ3v) is 5.06. The molecular weight excluding hydrogens is 418 g/mol. The fourth-order valence-corrected chi connectivity index (χ4v) is 3.38. The zero-order valence-corrected chi connectivity index (χ0v) is 18.3. The van der Waals surface area contributed by atoms with E-state index in [1.54, 1.807) is 30.0 Å². The van der Waals surface area contributed by atoms with Crippen molar-refractivity contribution in [3.05, 3.63) is 34.4 Å². The maximum Gasteiger partial charge on any atom is 0.409 e. The number of piperidine rings is 1. The Hall–Kier alpha value is -3.37. The monoisotopic (exact) mass is 449 g/mol. The highest BCUT2D eigenvalue weighted by Crippen LogP contribution is 2.22. The van der Waals surface area contributed by atoms with E-state index in [1.807, 2.05) is 0 Å². The van der Waals surface area contributed by atoms with E-state index in [4.69, 9.17) is 4.74 Å². The molecule has 11 nitrogen and oxygen atoms in total. The Bertz CT molecular complexity index is 795. The van der Waals surface area contributed by atoms with Crippen LogP contribution in [0.1, 0.15) is 39.0 Å². The van der Waals surface area contributed by atoms with Crippen molar-refractivity contribution < 1.29 is 24.0 Å². The van der Waals surface area contributed by atoms with E-state index < -0.39 is 4.92 Å². The second-order valence-electron chi connectivity index (χ2n) is 7.43. The van der Waals surface area contributed by atoms with Crippen LogP contribution in [0.4, 0.5) is 16.2 Å². The average molecular weight is 450 g/mol. The minimum absolute atomic E-state index is 0.0366. The van der Waals surface area contributed by atoms with Gasteiger partial charge in [-0.2, -0.15) is 0 Å². The Balaban J connectivity index is 1.55. The minimum atomic E-state index is -0.475. The molecule has 0 aliphatic carbocycles. The lowest BCUT2D eigenvalue weighted by Crippen LogP contribution is -2.46. The summed E-state index contributed by atoms with van der Waals surface area (Å²) in [6.07, 6.45) is 2.04. The summed E-state index contributed by atoms with van der Waals surface area (Å²) in [6, 6.07) is 6.30. The number of benzene rings is 1. The summed E-state index contributed by atoms with van der Waals surface area (Å²) < 4.78 is 4.98. The molecule has 1 aromatic rings. The van der Waals surface area contributed by atoms with E-state index in [0.717, 1.165) is 0 Å². The van der Waals surface area contributed by atoms with Crippen LogP contribution >= 0.6 is 0 Å². The molecule has 11 heteroatoms. The van der Waals surface area contributed by atoms with Crippen LogP contribution in [0.25, 0.3) is 0 Å². The van der Waals surface area contributed by atoms with Gasteiger partial charge in [0, 0.05) is 51.1 Å². The van der Waals surface area contributed by atoms with Crippen LogP contribution in [0.2, 0.25) is 0 Å². The van der Waals surface area contributed by atoms with Crippen molar-refractivity contribution in [2.75, 3.05) is 38.1 Å². The summed E-state index contributed by atoms with van der Waals surface area (Å²) in [4.78, 5) is 47.8. The molecule has 1 heterocycles. The summed E-state index contributed by atoms with van der Waals surface area (Å²) in [5.41, 5.74) is 0.334. The molecule has 1 fully saturated rings. The van der Waals surface area contributed by atoms with Crippen molar-refractivity contribution >= 4 is 29.3 Å². The number of hydrogen-bond acceptors (Lipinski definition) is 7. The molecule has 1 aliphatic rings.